The van der Waals surface area contributed by atoms with Gasteiger partial charge in [-0.05, 0) is 5.56 Å². The molecule has 1 rings (SSSR count). The second-order valence-corrected chi connectivity index (χ2v) is 3.16. The van der Waals surface area contributed by atoms with Crippen LogP contribution in [-0.4, -0.2) is 19.3 Å². The van der Waals surface area contributed by atoms with Gasteiger partial charge < -0.3 is 10.5 Å². The van der Waals surface area contributed by atoms with Crippen molar-refractivity contribution in [2.45, 2.75) is 19.2 Å². The molecule has 0 heterocycles. The van der Waals surface area contributed by atoms with E-state index < -0.39 is 6.17 Å². The Hall–Kier alpha value is -0.930. The van der Waals surface area contributed by atoms with Gasteiger partial charge in [-0.15, -0.1) is 0 Å². The molecule has 0 aliphatic rings. The summed E-state index contributed by atoms with van der Waals surface area (Å²) in [5, 5.41) is 0. The lowest BCUT2D eigenvalue weighted by molar-refractivity contribution is 0.101. The maximum absolute atomic E-state index is 12.7. The Labute approximate surface area is 83.9 Å². The van der Waals surface area contributed by atoms with Crippen molar-refractivity contribution < 1.29 is 9.13 Å². The Morgan fingerprint density at radius 1 is 1.29 bits per heavy atom. The molecule has 14 heavy (non-hydrogen) atoms. The number of hydrogen-bond acceptors (Lipinski definition) is 2. The number of ether oxygens (including phenoxy) is 1. The summed E-state index contributed by atoms with van der Waals surface area (Å²) in [6.07, 6.45) is -0.561. The van der Waals surface area contributed by atoms with Crippen molar-refractivity contribution >= 4 is 0 Å². The molecule has 0 spiro atoms. The average Bonchev–Trinajstić information content (AvgIpc) is 2.25. The zero-order chi connectivity index (χ0) is 10.2. The Bertz CT molecular complexity index is 240. The van der Waals surface area contributed by atoms with Gasteiger partial charge in [0.25, 0.3) is 0 Å². The molecule has 1 unspecified atom stereocenters. The van der Waals surface area contributed by atoms with E-state index >= 15 is 0 Å². The number of rotatable bonds is 6. The molecule has 0 aliphatic carbocycles. The second kappa shape index (κ2) is 6.51. The first-order valence-corrected chi connectivity index (χ1v) is 4.78. The number of hydrogen-bond donors (Lipinski definition) is 1. The standard InChI is InChI=1S/C11H16FNO/c12-11(8-13)6-7-14-9-10-4-2-1-3-5-10/h1-5,11H,6-9,13H2. The van der Waals surface area contributed by atoms with Crippen LogP contribution in [0.25, 0.3) is 0 Å². The zero-order valence-electron chi connectivity index (χ0n) is 8.16. The quantitative estimate of drug-likeness (QED) is 0.707. The van der Waals surface area contributed by atoms with Crippen LogP contribution in [0.1, 0.15) is 12.0 Å². The van der Waals surface area contributed by atoms with E-state index in [0.717, 1.165) is 5.56 Å². The summed E-state index contributed by atoms with van der Waals surface area (Å²) in [6, 6.07) is 9.83. The molecule has 0 bridgehead atoms. The molecule has 78 valence electrons. The van der Waals surface area contributed by atoms with Crippen LogP contribution in [-0.2, 0) is 11.3 Å². The van der Waals surface area contributed by atoms with E-state index in [2.05, 4.69) is 0 Å². The molecular formula is C11H16FNO. The van der Waals surface area contributed by atoms with Crippen LogP contribution < -0.4 is 5.73 Å². The van der Waals surface area contributed by atoms with Crippen molar-refractivity contribution in [1.29, 1.82) is 0 Å². The van der Waals surface area contributed by atoms with E-state index in [1.807, 2.05) is 30.3 Å². The van der Waals surface area contributed by atoms with Crippen LogP contribution in [0.15, 0.2) is 30.3 Å². The largest absolute Gasteiger partial charge is 0.377 e. The van der Waals surface area contributed by atoms with Gasteiger partial charge in [0.05, 0.1) is 6.61 Å². The van der Waals surface area contributed by atoms with Gasteiger partial charge in [-0.2, -0.15) is 0 Å². The molecule has 1 aromatic carbocycles. The summed E-state index contributed by atoms with van der Waals surface area (Å²) in [6.45, 7) is 1.04. The summed E-state index contributed by atoms with van der Waals surface area (Å²) in [4.78, 5) is 0. The highest BCUT2D eigenvalue weighted by molar-refractivity contribution is 5.13. The monoisotopic (exact) mass is 197 g/mol. The van der Waals surface area contributed by atoms with Crippen LogP contribution >= 0.6 is 0 Å². The Morgan fingerprint density at radius 2 is 2.00 bits per heavy atom. The molecule has 1 aromatic rings. The van der Waals surface area contributed by atoms with Crippen LogP contribution in [0, 0.1) is 0 Å². The third-order valence-electron chi connectivity index (χ3n) is 1.94. The summed E-state index contributed by atoms with van der Waals surface area (Å²) in [5.74, 6) is 0. The predicted octanol–water partition coefficient (Wildman–Crippen LogP) is 1.89. The summed E-state index contributed by atoms with van der Waals surface area (Å²) >= 11 is 0. The lowest BCUT2D eigenvalue weighted by Gasteiger charge is -2.06. The van der Waals surface area contributed by atoms with E-state index in [4.69, 9.17) is 10.5 Å². The molecule has 2 N–H and O–H groups in total. The molecular weight excluding hydrogens is 181 g/mol. The minimum atomic E-state index is -0.939. The Balaban J connectivity index is 2.10. The summed E-state index contributed by atoms with van der Waals surface area (Å²) in [7, 11) is 0. The summed E-state index contributed by atoms with van der Waals surface area (Å²) < 4.78 is 17.9. The van der Waals surface area contributed by atoms with Crippen molar-refractivity contribution in [3.8, 4) is 0 Å². The molecule has 1 atom stereocenters. The smallest absolute Gasteiger partial charge is 0.114 e. The highest BCUT2D eigenvalue weighted by Crippen LogP contribution is 2.02. The van der Waals surface area contributed by atoms with Gasteiger partial charge in [0, 0.05) is 19.6 Å². The molecule has 0 aliphatic heterocycles. The molecule has 0 saturated carbocycles. The van der Waals surface area contributed by atoms with E-state index in [0.29, 0.717) is 19.6 Å². The molecule has 0 fully saturated rings. The van der Waals surface area contributed by atoms with Crippen LogP contribution in [0.4, 0.5) is 4.39 Å². The second-order valence-electron chi connectivity index (χ2n) is 3.16. The minimum absolute atomic E-state index is 0.0781. The lowest BCUT2D eigenvalue weighted by Crippen LogP contribution is -2.17. The molecule has 0 radical (unpaired) electrons. The number of alkyl halides is 1. The third kappa shape index (κ3) is 4.35. The van der Waals surface area contributed by atoms with Gasteiger partial charge in [0.15, 0.2) is 0 Å². The first-order chi connectivity index (χ1) is 6.83. The van der Waals surface area contributed by atoms with E-state index in [9.17, 15) is 4.39 Å². The fourth-order valence-electron chi connectivity index (χ4n) is 1.09. The minimum Gasteiger partial charge on any atom is -0.377 e. The van der Waals surface area contributed by atoms with Gasteiger partial charge in [0.1, 0.15) is 6.17 Å². The third-order valence-corrected chi connectivity index (χ3v) is 1.94. The summed E-state index contributed by atoms with van der Waals surface area (Å²) in [5.41, 5.74) is 6.24. The molecule has 3 heteroatoms. The highest BCUT2D eigenvalue weighted by Gasteiger charge is 2.02. The maximum atomic E-state index is 12.7. The van der Waals surface area contributed by atoms with Gasteiger partial charge in [-0.25, -0.2) is 4.39 Å². The fourth-order valence-corrected chi connectivity index (χ4v) is 1.09. The average molecular weight is 197 g/mol. The van der Waals surface area contributed by atoms with Gasteiger partial charge >= 0.3 is 0 Å². The van der Waals surface area contributed by atoms with Crippen molar-refractivity contribution in [2.75, 3.05) is 13.2 Å². The van der Waals surface area contributed by atoms with E-state index in [-0.39, 0.29) is 6.54 Å². The van der Waals surface area contributed by atoms with Gasteiger partial charge in [-0.1, -0.05) is 30.3 Å². The van der Waals surface area contributed by atoms with Crippen molar-refractivity contribution in [3.05, 3.63) is 35.9 Å². The predicted molar refractivity (Wildman–Crippen MR) is 54.7 cm³/mol. The SMILES string of the molecule is NCC(F)CCOCc1ccccc1. The maximum Gasteiger partial charge on any atom is 0.114 e. The van der Waals surface area contributed by atoms with E-state index in [1.54, 1.807) is 0 Å². The molecule has 0 amide bonds. The lowest BCUT2D eigenvalue weighted by atomic mass is 10.2. The number of nitrogens with two attached hydrogens (primary N) is 1. The zero-order valence-corrected chi connectivity index (χ0v) is 8.16. The molecule has 2 nitrogen and oxygen atoms in total. The topological polar surface area (TPSA) is 35.2 Å². The van der Waals surface area contributed by atoms with Gasteiger partial charge in [-0.3, -0.25) is 0 Å². The highest BCUT2D eigenvalue weighted by atomic mass is 19.1. The number of halogens is 1. The first kappa shape index (κ1) is 11.1. The molecule has 0 saturated heterocycles. The Kier molecular flexibility index (Phi) is 5.19. The fraction of sp³-hybridized carbons (Fsp3) is 0.455. The van der Waals surface area contributed by atoms with Crippen LogP contribution in [0.5, 0.6) is 0 Å². The van der Waals surface area contributed by atoms with Crippen molar-refractivity contribution in [3.63, 3.8) is 0 Å². The number of benzene rings is 1. The normalized spacial score (nSPS) is 12.7. The first-order valence-electron chi connectivity index (χ1n) is 4.78. The van der Waals surface area contributed by atoms with Crippen LogP contribution in [0.3, 0.4) is 0 Å². The van der Waals surface area contributed by atoms with Gasteiger partial charge in [0.2, 0.25) is 0 Å². The van der Waals surface area contributed by atoms with Crippen LogP contribution in [0.2, 0.25) is 0 Å². The van der Waals surface area contributed by atoms with Crippen molar-refractivity contribution in [1.82, 2.24) is 0 Å². The molecule has 0 aromatic heterocycles. The van der Waals surface area contributed by atoms with Crippen molar-refractivity contribution in [2.24, 2.45) is 5.73 Å². The van der Waals surface area contributed by atoms with E-state index in [1.165, 1.54) is 0 Å². The Morgan fingerprint density at radius 3 is 2.64 bits per heavy atom.